The third kappa shape index (κ3) is 2.81. The molecule has 2 unspecified atom stereocenters. The second-order valence-corrected chi connectivity index (χ2v) is 4.68. The van der Waals surface area contributed by atoms with Crippen LogP contribution in [0.15, 0.2) is 12.1 Å². The molecule has 0 bridgehead atoms. The van der Waals surface area contributed by atoms with Gasteiger partial charge in [0.25, 0.3) is 5.69 Å². The van der Waals surface area contributed by atoms with Crippen molar-refractivity contribution in [3.63, 3.8) is 0 Å². The van der Waals surface area contributed by atoms with Crippen molar-refractivity contribution in [3.05, 3.63) is 33.1 Å². The summed E-state index contributed by atoms with van der Waals surface area (Å²) in [6, 6.07) is 1.08. The van der Waals surface area contributed by atoms with E-state index in [1.54, 1.807) is 0 Å². The Balaban J connectivity index is 2.31. The minimum atomic E-state index is -1.09. The van der Waals surface area contributed by atoms with Crippen molar-refractivity contribution >= 4 is 28.9 Å². The molecule has 0 aliphatic carbocycles. The Kier molecular flexibility index (Phi) is 4.05. The van der Waals surface area contributed by atoms with E-state index in [1.807, 2.05) is 0 Å². The maximum Gasteiger partial charge on any atom is 0.311 e. The number of hydrogen-bond donors (Lipinski definition) is 2. The molecule has 1 aromatic rings. The van der Waals surface area contributed by atoms with Crippen LogP contribution in [0.25, 0.3) is 0 Å². The average molecular weight is 305 g/mol. The minimum absolute atomic E-state index is 0.00311. The number of rotatable bonds is 4. The molecule has 20 heavy (non-hydrogen) atoms. The van der Waals surface area contributed by atoms with E-state index in [9.17, 15) is 19.3 Å². The number of nitrogens with zero attached hydrogens (tertiary/aromatic N) is 1. The Bertz CT molecular complexity index is 568. The van der Waals surface area contributed by atoms with Crippen LogP contribution in [0.1, 0.15) is 0 Å². The largest absolute Gasteiger partial charge is 0.481 e. The molecule has 1 aliphatic heterocycles. The van der Waals surface area contributed by atoms with Crippen molar-refractivity contribution in [2.45, 2.75) is 6.04 Å². The lowest BCUT2D eigenvalue weighted by Crippen LogP contribution is -2.33. The lowest BCUT2D eigenvalue weighted by Gasteiger charge is -2.17. The Labute approximate surface area is 117 Å². The van der Waals surface area contributed by atoms with E-state index < -0.39 is 34.4 Å². The van der Waals surface area contributed by atoms with Crippen molar-refractivity contribution in [1.82, 2.24) is 0 Å². The molecule has 7 nitrogen and oxygen atoms in total. The molecule has 1 aliphatic rings. The monoisotopic (exact) mass is 304 g/mol. The number of carboxylic acid groups (broad SMARTS) is 1. The fourth-order valence-corrected chi connectivity index (χ4v) is 2.10. The summed E-state index contributed by atoms with van der Waals surface area (Å²) in [4.78, 5) is 21.2. The number of hydrogen-bond acceptors (Lipinski definition) is 5. The van der Waals surface area contributed by atoms with Crippen LogP contribution in [-0.2, 0) is 9.53 Å². The Morgan fingerprint density at radius 1 is 1.55 bits per heavy atom. The smallest absolute Gasteiger partial charge is 0.311 e. The lowest BCUT2D eigenvalue weighted by molar-refractivity contribution is -0.384. The zero-order valence-electron chi connectivity index (χ0n) is 10.0. The lowest BCUT2D eigenvalue weighted by atomic mass is 10.0. The van der Waals surface area contributed by atoms with Gasteiger partial charge >= 0.3 is 5.97 Å². The molecule has 1 aromatic carbocycles. The van der Waals surface area contributed by atoms with Gasteiger partial charge in [-0.1, -0.05) is 11.6 Å². The first-order valence-electron chi connectivity index (χ1n) is 5.60. The van der Waals surface area contributed by atoms with Crippen LogP contribution in [0, 0.1) is 21.8 Å². The van der Waals surface area contributed by atoms with Gasteiger partial charge in [-0.25, -0.2) is 4.39 Å². The summed E-state index contributed by atoms with van der Waals surface area (Å²) in [6.07, 6.45) is 0. The van der Waals surface area contributed by atoms with Crippen molar-refractivity contribution in [1.29, 1.82) is 0 Å². The first-order valence-corrected chi connectivity index (χ1v) is 5.98. The third-order valence-electron chi connectivity index (χ3n) is 2.97. The zero-order chi connectivity index (χ0) is 14.9. The molecule has 0 aromatic heterocycles. The van der Waals surface area contributed by atoms with Gasteiger partial charge in [-0.05, 0) is 0 Å². The van der Waals surface area contributed by atoms with Crippen molar-refractivity contribution in [2.24, 2.45) is 5.92 Å². The molecular weight excluding hydrogens is 295 g/mol. The van der Waals surface area contributed by atoms with Gasteiger partial charge in [-0.15, -0.1) is 0 Å². The average Bonchev–Trinajstić information content (AvgIpc) is 2.81. The minimum Gasteiger partial charge on any atom is -0.481 e. The molecule has 9 heteroatoms. The molecule has 0 saturated carbocycles. The van der Waals surface area contributed by atoms with Crippen molar-refractivity contribution < 1.29 is 24.0 Å². The number of nitrogens with one attached hydrogen (secondary N) is 1. The normalized spacial score (nSPS) is 21.7. The van der Waals surface area contributed by atoms with Crippen molar-refractivity contribution in [2.75, 3.05) is 18.5 Å². The van der Waals surface area contributed by atoms with Crippen LogP contribution in [0.5, 0.6) is 0 Å². The summed E-state index contributed by atoms with van der Waals surface area (Å²) in [5.74, 6) is -2.77. The van der Waals surface area contributed by atoms with Gasteiger partial charge in [0, 0.05) is 12.1 Å². The highest BCUT2D eigenvalue weighted by Crippen LogP contribution is 2.32. The van der Waals surface area contributed by atoms with Gasteiger partial charge in [0.1, 0.15) is 17.4 Å². The molecule has 1 fully saturated rings. The molecule has 1 saturated heterocycles. The fraction of sp³-hybridized carbons (Fsp3) is 0.364. The number of aliphatic carboxylic acids is 1. The molecule has 2 N–H and O–H groups in total. The summed E-state index contributed by atoms with van der Waals surface area (Å²) in [7, 11) is 0. The third-order valence-corrected chi connectivity index (χ3v) is 3.26. The molecule has 108 valence electrons. The van der Waals surface area contributed by atoms with E-state index >= 15 is 0 Å². The maximum absolute atomic E-state index is 13.4. The van der Waals surface area contributed by atoms with Gasteiger partial charge in [-0.3, -0.25) is 14.9 Å². The zero-order valence-corrected chi connectivity index (χ0v) is 10.8. The van der Waals surface area contributed by atoms with Crippen LogP contribution in [-0.4, -0.2) is 35.3 Å². The van der Waals surface area contributed by atoms with E-state index in [-0.39, 0.29) is 23.9 Å². The standard InChI is InChI=1S/C11H10ClFN2O5/c12-6-1-10(15(18)19)8(2-7(6)13)14-9-4-20-3-5(9)11(16)17/h1-2,5,9,14H,3-4H2,(H,16,17). The van der Waals surface area contributed by atoms with E-state index in [0.29, 0.717) is 0 Å². The Morgan fingerprint density at radius 2 is 2.25 bits per heavy atom. The van der Waals surface area contributed by atoms with Gasteiger partial charge in [0.2, 0.25) is 0 Å². The van der Waals surface area contributed by atoms with Crippen molar-refractivity contribution in [3.8, 4) is 0 Å². The van der Waals surface area contributed by atoms with Gasteiger partial charge in [-0.2, -0.15) is 0 Å². The highest BCUT2D eigenvalue weighted by Gasteiger charge is 2.35. The van der Waals surface area contributed by atoms with E-state index in [2.05, 4.69) is 5.32 Å². The summed E-state index contributed by atoms with van der Waals surface area (Å²) < 4.78 is 18.4. The van der Waals surface area contributed by atoms with E-state index in [1.165, 1.54) is 0 Å². The molecular formula is C11H10ClFN2O5. The Hall–Kier alpha value is -1.93. The van der Waals surface area contributed by atoms with Crippen LogP contribution in [0.3, 0.4) is 0 Å². The maximum atomic E-state index is 13.4. The quantitative estimate of drug-likeness (QED) is 0.650. The predicted octanol–water partition coefficient (Wildman–Crippen LogP) is 1.90. The first kappa shape index (κ1) is 14.5. The number of anilines is 1. The predicted molar refractivity (Wildman–Crippen MR) is 67.4 cm³/mol. The van der Waals surface area contributed by atoms with Gasteiger partial charge < -0.3 is 15.2 Å². The first-order chi connectivity index (χ1) is 9.40. The number of ether oxygens (including phenoxy) is 1. The number of nitro groups is 1. The van der Waals surface area contributed by atoms with E-state index in [0.717, 1.165) is 12.1 Å². The molecule has 0 spiro atoms. The van der Waals surface area contributed by atoms with Gasteiger partial charge in [0.05, 0.1) is 29.2 Å². The molecule has 0 radical (unpaired) electrons. The second-order valence-electron chi connectivity index (χ2n) is 4.27. The van der Waals surface area contributed by atoms with Crippen LogP contribution < -0.4 is 5.32 Å². The topological polar surface area (TPSA) is 102 Å². The van der Waals surface area contributed by atoms with E-state index in [4.69, 9.17) is 21.4 Å². The number of carbonyl (C=O) groups is 1. The second kappa shape index (κ2) is 5.59. The molecule has 2 atom stereocenters. The number of halogens is 2. The highest BCUT2D eigenvalue weighted by atomic mass is 35.5. The molecule has 2 rings (SSSR count). The van der Waals surface area contributed by atoms with Crippen LogP contribution in [0.4, 0.5) is 15.8 Å². The summed E-state index contributed by atoms with van der Waals surface area (Å²) in [5.41, 5.74) is -0.550. The molecule has 1 heterocycles. The van der Waals surface area contributed by atoms with Crippen LogP contribution >= 0.6 is 11.6 Å². The summed E-state index contributed by atoms with van der Waals surface area (Å²) >= 11 is 5.50. The number of nitro benzene ring substituents is 1. The van der Waals surface area contributed by atoms with Crippen LogP contribution in [0.2, 0.25) is 5.02 Å². The SMILES string of the molecule is O=C(O)C1COCC1Nc1cc(F)c(Cl)cc1[N+](=O)[O-]. The summed E-state index contributed by atoms with van der Waals surface area (Å²) in [6.45, 7) is 0.0647. The highest BCUT2D eigenvalue weighted by molar-refractivity contribution is 6.31. The van der Waals surface area contributed by atoms with Gasteiger partial charge in [0.15, 0.2) is 0 Å². The molecule has 0 amide bonds. The summed E-state index contributed by atoms with van der Waals surface area (Å²) in [5, 5.41) is 22.2. The fourth-order valence-electron chi connectivity index (χ4n) is 1.94. The number of carboxylic acids is 1. The number of benzene rings is 1. The Morgan fingerprint density at radius 3 is 2.85 bits per heavy atom.